The predicted molar refractivity (Wildman–Crippen MR) is 73.4 cm³/mol. The molecule has 7 heteroatoms. The summed E-state index contributed by atoms with van der Waals surface area (Å²) in [6.45, 7) is -1.71. The number of nitrogens with one attached hydrogen (secondary N) is 1. The Kier molecular flexibility index (Phi) is 5.10. The van der Waals surface area contributed by atoms with E-state index in [0.29, 0.717) is 13.1 Å². The molecule has 0 amide bonds. The third kappa shape index (κ3) is 4.42. The number of ether oxygens (including phenoxy) is 2. The fourth-order valence-corrected chi connectivity index (χ4v) is 1.93. The molecule has 0 saturated carbocycles. The van der Waals surface area contributed by atoms with Crippen LogP contribution >= 0.6 is 0 Å². The summed E-state index contributed by atoms with van der Waals surface area (Å²) in [5, 5.41) is 7.28. The molecule has 2 aromatic rings. The van der Waals surface area contributed by atoms with E-state index in [4.69, 9.17) is 4.74 Å². The lowest BCUT2D eigenvalue weighted by atomic mass is 10.2. The minimum atomic E-state index is -2.88. The maximum atomic E-state index is 12.3. The van der Waals surface area contributed by atoms with Crippen molar-refractivity contribution in [1.29, 1.82) is 0 Å². The zero-order valence-corrected chi connectivity index (χ0v) is 11.8. The molecule has 114 valence electrons. The Morgan fingerprint density at radius 3 is 2.62 bits per heavy atom. The van der Waals surface area contributed by atoms with Crippen LogP contribution in [0.5, 0.6) is 11.5 Å². The molecule has 0 spiro atoms. The molecule has 0 aliphatic rings. The molecule has 0 aliphatic carbocycles. The van der Waals surface area contributed by atoms with Gasteiger partial charge in [-0.15, -0.1) is 0 Å². The number of aryl methyl sites for hydroxylation is 1. The zero-order chi connectivity index (χ0) is 15.2. The Hall–Kier alpha value is -2.15. The van der Waals surface area contributed by atoms with Gasteiger partial charge in [-0.25, -0.2) is 0 Å². The van der Waals surface area contributed by atoms with E-state index >= 15 is 0 Å². The highest BCUT2D eigenvalue weighted by molar-refractivity contribution is 5.43. The Labute approximate surface area is 121 Å². The molecule has 1 aromatic heterocycles. The van der Waals surface area contributed by atoms with Crippen LogP contribution in [0.25, 0.3) is 0 Å². The highest BCUT2D eigenvalue weighted by Crippen LogP contribution is 2.29. The van der Waals surface area contributed by atoms with Crippen molar-refractivity contribution in [1.82, 2.24) is 15.1 Å². The fourth-order valence-electron chi connectivity index (χ4n) is 1.93. The molecular weight excluding hydrogens is 280 g/mol. The van der Waals surface area contributed by atoms with E-state index in [9.17, 15) is 8.78 Å². The van der Waals surface area contributed by atoms with Gasteiger partial charge in [-0.3, -0.25) is 4.68 Å². The van der Waals surface area contributed by atoms with E-state index in [2.05, 4.69) is 15.2 Å². The molecule has 0 saturated heterocycles. The van der Waals surface area contributed by atoms with Crippen LogP contribution < -0.4 is 14.8 Å². The SMILES string of the molecule is COc1ccc(CNCc2cnn(C)c2)cc1OC(F)F. The quantitative estimate of drug-likeness (QED) is 0.852. The number of hydrogen-bond acceptors (Lipinski definition) is 4. The Morgan fingerprint density at radius 1 is 1.24 bits per heavy atom. The summed E-state index contributed by atoms with van der Waals surface area (Å²) < 4.78 is 35.8. The first kappa shape index (κ1) is 15.2. The van der Waals surface area contributed by atoms with Gasteiger partial charge in [0, 0.05) is 31.9 Å². The number of alkyl halides is 2. The number of methoxy groups -OCH3 is 1. The maximum Gasteiger partial charge on any atom is 0.387 e. The van der Waals surface area contributed by atoms with Crippen molar-refractivity contribution in [3.05, 3.63) is 41.7 Å². The summed E-state index contributed by atoms with van der Waals surface area (Å²) in [5.41, 5.74) is 1.88. The summed E-state index contributed by atoms with van der Waals surface area (Å²) in [7, 11) is 3.26. The minimum Gasteiger partial charge on any atom is -0.493 e. The van der Waals surface area contributed by atoms with Crippen LogP contribution in [-0.2, 0) is 20.1 Å². The first-order valence-corrected chi connectivity index (χ1v) is 6.38. The Morgan fingerprint density at radius 2 is 2.00 bits per heavy atom. The molecule has 21 heavy (non-hydrogen) atoms. The molecule has 0 bridgehead atoms. The van der Waals surface area contributed by atoms with Crippen molar-refractivity contribution >= 4 is 0 Å². The summed E-state index contributed by atoms with van der Waals surface area (Å²) in [6, 6.07) is 4.95. The van der Waals surface area contributed by atoms with Gasteiger partial charge in [-0.2, -0.15) is 13.9 Å². The van der Waals surface area contributed by atoms with Crippen molar-refractivity contribution in [3.8, 4) is 11.5 Å². The summed E-state index contributed by atoms with van der Waals surface area (Å²) >= 11 is 0. The van der Waals surface area contributed by atoms with Crippen LogP contribution in [0, 0.1) is 0 Å². The molecule has 2 rings (SSSR count). The van der Waals surface area contributed by atoms with Gasteiger partial charge in [-0.05, 0) is 17.7 Å². The number of rotatable bonds is 7. The maximum absolute atomic E-state index is 12.3. The molecular formula is C14H17F2N3O2. The first-order chi connectivity index (χ1) is 10.1. The first-order valence-electron chi connectivity index (χ1n) is 6.38. The average Bonchev–Trinajstić information content (AvgIpc) is 2.84. The lowest BCUT2D eigenvalue weighted by molar-refractivity contribution is -0.0512. The topological polar surface area (TPSA) is 48.3 Å². The second-order valence-electron chi connectivity index (χ2n) is 4.49. The molecule has 5 nitrogen and oxygen atoms in total. The van der Waals surface area contributed by atoms with E-state index in [-0.39, 0.29) is 11.5 Å². The van der Waals surface area contributed by atoms with Gasteiger partial charge in [0.2, 0.25) is 0 Å². The Balaban J connectivity index is 1.96. The molecule has 0 radical (unpaired) electrons. The van der Waals surface area contributed by atoms with Gasteiger partial charge in [0.25, 0.3) is 0 Å². The van der Waals surface area contributed by atoms with Gasteiger partial charge in [0.1, 0.15) is 0 Å². The second kappa shape index (κ2) is 7.03. The van der Waals surface area contributed by atoms with Crippen molar-refractivity contribution in [2.75, 3.05) is 7.11 Å². The zero-order valence-electron chi connectivity index (χ0n) is 11.8. The van der Waals surface area contributed by atoms with Crippen molar-refractivity contribution < 1.29 is 18.3 Å². The predicted octanol–water partition coefficient (Wildman–Crippen LogP) is 2.32. The number of benzene rings is 1. The number of nitrogens with zero attached hydrogens (tertiary/aromatic N) is 2. The van der Waals surface area contributed by atoms with E-state index in [1.807, 2.05) is 13.2 Å². The monoisotopic (exact) mass is 297 g/mol. The molecule has 1 aromatic carbocycles. The van der Waals surface area contributed by atoms with E-state index in [1.54, 1.807) is 29.1 Å². The lowest BCUT2D eigenvalue weighted by Gasteiger charge is -2.11. The van der Waals surface area contributed by atoms with Crippen molar-refractivity contribution in [2.45, 2.75) is 19.7 Å². The van der Waals surface area contributed by atoms with Gasteiger partial charge in [0.15, 0.2) is 11.5 Å². The normalized spacial score (nSPS) is 10.9. The minimum absolute atomic E-state index is 0.0353. The third-order valence-electron chi connectivity index (χ3n) is 2.86. The molecule has 0 unspecified atom stereocenters. The van der Waals surface area contributed by atoms with Crippen molar-refractivity contribution in [3.63, 3.8) is 0 Å². The molecule has 1 heterocycles. The molecule has 0 atom stereocenters. The summed E-state index contributed by atoms with van der Waals surface area (Å²) in [6.07, 6.45) is 3.68. The average molecular weight is 297 g/mol. The number of hydrogen-bond donors (Lipinski definition) is 1. The van der Waals surface area contributed by atoms with Gasteiger partial charge >= 0.3 is 6.61 Å². The van der Waals surface area contributed by atoms with Crippen LogP contribution in [0.2, 0.25) is 0 Å². The number of halogens is 2. The fraction of sp³-hybridized carbons (Fsp3) is 0.357. The van der Waals surface area contributed by atoms with Crippen LogP contribution in [0.15, 0.2) is 30.6 Å². The van der Waals surface area contributed by atoms with Gasteiger partial charge in [-0.1, -0.05) is 6.07 Å². The van der Waals surface area contributed by atoms with Gasteiger partial charge < -0.3 is 14.8 Å². The van der Waals surface area contributed by atoms with Crippen LogP contribution in [0.3, 0.4) is 0 Å². The lowest BCUT2D eigenvalue weighted by Crippen LogP contribution is -2.12. The number of aromatic nitrogens is 2. The van der Waals surface area contributed by atoms with Crippen LogP contribution in [-0.4, -0.2) is 23.5 Å². The van der Waals surface area contributed by atoms with E-state index in [0.717, 1.165) is 11.1 Å². The largest absolute Gasteiger partial charge is 0.493 e. The molecule has 0 aliphatic heterocycles. The Bertz CT molecular complexity index is 587. The smallest absolute Gasteiger partial charge is 0.387 e. The summed E-state index contributed by atoms with van der Waals surface area (Å²) in [4.78, 5) is 0. The second-order valence-corrected chi connectivity index (χ2v) is 4.49. The van der Waals surface area contributed by atoms with E-state index < -0.39 is 6.61 Å². The molecule has 1 N–H and O–H groups in total. The highest BCUT2D eigenvalue weighted by Gasteiger charge is 2.11. The highest BCUT2D eigenvalue weighted by atomic mass is 19.3. The van der Waals surface area contributed by atoms with Crippen LogP contribution in [0.4, 0.5) is 8.78 Å². The molecule has 0 fully saturated rings. The van der Waals surface area contributed by atoms with E-state index in [1.165, 1.54) is 7.11 Å². The summed E-state index contributed by atoms with van der Waals surface area (Å²) in [5.74, 6) is 0.319. The third-order valence-corrected chi connectivity index (χ3v) is 2.86. The van der Waals surface area contributed by atoms with Crippen LogP contribution in [0.1, 0.15) is 11.1 Å². The van der Waals surface area contributed by atoms with Gasteiger partial charge in [0.05, 0.1) is 13.3 Å². The van der Waals surface area contributed by atoms with Crippen molar-refractivity contribution in [2.24, 2.45) is 7.05 Å². The standard InChI is InChI=1S/C14H17F2N3O2/c1-19-9-11(8-18-19)7-17-6-10-3-4-12(20-2)13(5-10)21-14(15)16/h3-5,8-9,14,17H,6-7H2,1-2H3.